The number of rotatable bonds is 5. The molecule has 0 bridgehead atoms. The SMILES string of the molecule is CC(C)[C@H](C(=O)OC(C)(C)C)N(C)Cc1ccccc1. The Morgan fingerprint density at radius 2 is 1.75 bits per heavy atom. The summed E-state index contributed by atoms with van der Waals surface area (Å²) < 4.78 is 5.54. The number of carbonyl (C=O) groups is 1. The lowest BCUT2D eigenvalue weighted by Gasteiger charge is -2.32. The molecule has 1 atom stereocenters. The van der Waals surface area contributed by atoms with E-state index in [4.69, 9.17) is 4.74 Å². The molecule has 0 fully saturated rings. The van der Waals surface area contributed by atoms with Crippen LogP contribution in [0.4, 0.5) is 0 Å². The normalized spacial score (nSPS) is 13.6. The van der Waals surface area contributed by atoms with Crippen LogP contribution in [0.15, 0.2) is 30.3 Å². The average Bonchev–Trinajstić information content (AvgIpc) is 2.26. The van der Waals surface area contributed by atoms with Crippen LogP contribution in [-0.4, -0.2) is 29.6 Å². The highest BCUT2D eigenvalue weighted by atomic mass is 16.6. The molecule has 0 aliphatic carbocycles. The van der Waals surface area contributed by atoms with Gasteiger partial charge in [0.25, 0.3) is 0 Å². The summed E-state index contributed by atoms with van der Waals surface area (Å²) in [7, 11) is 1.97. The Morgan fingerprint density at radius 3 is 2.20 bits per heavy atom. The zero-order chi connectivity index (χ0) is 15.3. The van der Waals surface area contributed by atoms with Crippen molar-refractivity contribution in [3.63, 3.8) is 0 Å². The zero-order valence-corrected chi connectivity index (χ0v) is 13.5. The number of likely N-dealkylation sites (N-methyl/N-ethyl adjacent to an activating group) is 1. The fourth-order valence-corrected chi connectivity index (χ4v) is 2.29. The van der Waals surface area contributed by atoms with Crippen LogP contribution in [0, 0.1) is 5.92 Å². The van der Waals surface area contributed by atoms with Gasteiger partial charge in [-0.15, -0.1) is 0 Å². The second-order valence-corrected chi connectivity index (χ2v) is 6.62. The van der Waals surface area contributed by atoms with Gasteiger partial charge in [-0.3, -0.25) is 9.69 Å². The number of carbonyl (C=O) groups excluding carboxylic acids is 1. The van der Waals surface area contributed by atoms with Gasteiger partial charge in [0.2, 0.25) is 0 Å². The Balaban J connectivity index is 2.78. The van der Waals surface area contributed by atoms with Gasteiger partial charge in [0.1, 0.15) is 11.6 Å². The number of hydrogen-bond donors (Lipinski definition) is 0. The standard InChI is InChI=1S/C17H27NO2/c1-13(2)15(16(19)20-17(3,4)5)18(6)12-14-10-8-7-9-11-14/h7-11,13,15H,12H2,1-6H3/t15-/m1/s1. The van der Waals surface area contributed by atoms with Crippen LogP contribution in [0.5, 0.6) is 0 Å². The van der Waals surface area contributed by atoms with E-state index in [1.54, 1.807) is 0 Å². The molecule has 0 radical (unpaired) electrons. The maximum absolute atomic E-state index is 12.4. The Hall–Kier alpha value is -1.35. The topological polar surface area (TPSA) is 29.5 Å². The molecule has 0 aliphatic rings. The van der Waals surface area contributed by atoms with Crippen LogP contribution in [0.1, 0.15) is 40.2 Å². The summed E-state index contributed by atoms with van der Waals surface area (Å²) in [6.07, 6.45) is 0. The molecule has 0 aliphatic heterocycles. The minimum atomic E-state index is -0.447. The van der Waals surface area contributed by atoms with Gasteiger partial charge in [-0.2, -0.15) is 0 Å². The molecule has 0 amide bonds. The predicted octanol–water partition coefficient (Wildman–Crippen LogP) is 3.48. The van der Waals surface area contributed by atoms with E-state index in [1.807, 2.05) is 46.0 Å². The molecule has 0 spiro atoms. The fraction of sp³-hybridized carbons (Fsp3) is 0.588. The number of ether oxygens (including phenoxy) is 1. The van der Waals surface area contributed by atoms with Crippen LogP contribution in [-0.2, 0) is 16.1 Å². The summed E-state index contributed by atoms with van der Waals surface area (Å²) >= 11 is 0. The highest BCUT2D eigenvalue weighted by Crippen LogP contribution is 2.18. The highest BCUT2D eigenvalue weighted by molar-refractivity contribution is 5.76. The van der Waals surface area contributed by atoms with Crippen LogP contribution in [0.3, 0.4) is 0 Å². The molecule has 1 rings (SSSR count). The molecule has 3 heteroatoms. The van der Waals surface area contributed by atoms with E-state index in [2.05, 4.69) is 30.9 Å². The maximum Gasteiger partial charge on any atom is 0.324 e. The zero-order valence-electron chi connectivity index (χ0n) is 13.5. The minimum absolute atomic E-state index is 0.147. The summed E-state index contributed by atoms with van der Waals surface area (Å²) in [4.78, 5) is 14.4. The van der Waals surface area contributed by atoms with Crippen molar-refractivity contribution in [3.8, 4) is 0 Å². The van der Waals surface area contributed by atoms with Crippen LogP contribution in [0.2, 0.25) is 0 Å². The van der Waals surface area contributed by atoms with Crippen molar-refractivity contribution in [2.24, 2.45) is 5.92 Å². The Labute approximate surface area is 122 Å². The van der Waals surface area contributed by atoms with E-state index < -0.39 is 5.60 Å². The second kappa shape index (κ2) is 6.89. The first-order valence-electron chi connectivity index (χ1n) is 7.17. The fourth-order valence-electron chi connectivity index (χ4n) is 2.29. The third-order valence-electron chi connectivity index (χ3n) is 3.03. The van der Waals surface area contributed by atoms with E-state index >= 15 is 0 Å². The lowest BCUT2D eigenvalue weighted by Crippen LogP contribution is -2.45. The molecule has 112 valence electrons. The lowest BCUT2D eigenvalue weighted by atomic mass is 10.0. The van der Waals surface area contributed by atoms with E-state index in [9.17, 15) is 4.79 Å². The summed E-state index contributed by atoms with van der Waals surface area (Å²) in [5.74, 6) is 0.0597. The molecule has 3 nitrogen and oxygen atoms in total. The number of benzene rings is 1. The van der Waals surface area contributed by atoms with E-state index in [-0.39, 0.29) is 17.9 Å². The van der Waals surface area contributed by atoms with Crippen molar-refractivity contribution < 1.29 is 9.53 Å². The molecule has 0 heterocycles. The Kier molecular flexibility index (Phi) is 5.75. The van der Waals surface area contributed by atoms with Crippen molar-refractivity contribution >= 4 is 5.97 Å². The van der Waals surface area contributed by atoms with Gasteiger partial charge in [0.15, 0.2) is 0 Å². The maximum atomic E-state index is 12.4. The Bertz CT molecular complexity index is 420. The molecule has 0 saturated carbocycles. The number of nitrogens with zero attached hydrogens (tertiary/aromatic N) is 1. The number of esters is 1. The molecule has 0 saturated heterocycles. The van der Waals surface area contributed by atoms with Gasteiger partial charge in [0.05, 0.1) is 0 Å². The van der Waals surface area contributed by atoms with Gasteiger partial charge in [-0.1, -0.05) is 44.2 Å². The average molecular weight is 277 g/mol. The smallest absolute Gasteiger partial charge is 0.324 e. The molecule has 0 N–H and O–H groups in total. The van der Waals surface area contributed by atoms with Crippen molar-refractivity contribution in [1.82, 2.24) is 4.90 Å². The molecule has 0 unspecified atom stereocenters. The molecule has 1 aromatic carbocycles. The van der Waals surface area contributed by atoms with Crippen LogP contribution in [0.25, 0.3) is 0 Å². The van der Waals surface area contributed by atoms with E-state index in [1.165, 1.54) is 5.56 Å². The van der Waals surface area contributed by atoms with Gasteiger partial charge in [-0.05, 0) is 39.3 Å². The summed E-state index contributed by atoms with van der Waals surface area (Å²) in [5, 5.41) is 0. The predicted molar refractivity (Wildman–Crippen MR) is 82.4 cm³/mol. The quantitative estimate of drug-likeness (QED) is 0.772. The molecular formula is C17H27NO2. The summed E-state index contributed by atoms with van der Waals surface area (Å²) in [5.41, 5.74) is 0.752. The molecular weight excluding hydrogens is 250 g/mol. The Morgan fingerprint density at radius 1 is 1.20 bits per heavy atom. The minimum Gasteiger partial charge on any atom is -0.459 e. The third kappa shape index (κ3) is 5.33. The molecule has 1 aromatic rings. The van der Waals surface area contributed by atoms with Gasteiger partial charge < -0.3 is 4.74 Å². The van der Waals surface area contributed by atoms with E-state index in [0.717, 1.165) is 6.54 Å². The van der Waals surface area contributed by atoms with Gasteiger partial charge in [0, 0.05) is 6.54 Å². The first-order valence-corrected chi connectivity index (χ1v) is 7.17. The number of hydrogen-bond acceptors (Lipinski definition) is 3. The summed E-state index contributed by atoms with van der Waals surface area (Å²) in [6, 6.07) is 9.94. The first kappa shape index (κ1) is 16.7. The van der Waals surface area contributed by atoms with Gasteiger partial charge >= 0.3 is 5.97 Å². The molecule has 20 heavy (non-hydrogen) atoms. The largest absolute Gasteiger partial charge is 0.459 e. The summed E-state index contributed by atoms with van der Waals surface area (Å²) in [6.45, 7) is 10.5. The molecule has 0 aromatic heterocycles. The first-order chi connectivity index (χ1) is 9.20. The lowest BCUT2D eigenvalue weighted by molar-refractivity contribution is -0.163. The van der Waals surface area contributed by atoms with Crippen molar-refractivity contribution in [3.05, 3.63) is 35.9 Å². The third-order valence-corrected chi connectivity index (χ3v) is 3.03. The van der Waals surface area contributed by atoms with Crippen molar-refractivity contribution in [1.29, 1.82) is 0 Å². The van der Waals surface area contributed by atoms with Gasteiger partial charge in [-0.25, -0.2) is 0 Å². The highest BCUT2D eigenvalue weighted by Gasteiger charge is 2.30. The van der Waals surface area contributed by atoms with Crippen LogP contribution >= 0.6 is 0 Å². The van der Waals surface area contributed by atoms with Crippen molar-refractivity contribution in [2.45, 2.75) is 52.8 Å². The second-order valence-electron chi connectivity index (χ2n) is 6.62. The van der Waals surface area contributed by atoms with Crippen LogP contribution < -0.4 is 0 Å². The van der Waals surface area contributed by atoms with Crippen molar-refractivity contribution in [2.75, 3.05) is 7.05 Å². The van der Waals surface area contributed by atoms with E-state index in [0.29, 0.717) is 0 Å². The monoisotopic (exact) mass is 277 g/mol.